The topological polar surface area (TPSA) is 132 Å². The second kappa shape index (κ2) is 11.5. The summed E-state index contributed by atoms with van der Waals surface area (Å²) in [6.07, 6.45) is 2.65. The van der Waals surface area contributed by atoms with E-state index in [0.29, 0.717) is 29.5 Å². The highest BCUT2D eigenvalue weighted by molar-refractivity contribution is 5.91. The molecule has 0 spiro atoms. The third kappa shape index (κ3) is 6.12. The lowest BCUT2D eigenvalue weighted by molar-refractivity contribution is -0.124. The summed E-state index contributed by atoms with van der Waals surface area (Å²) in [6.45, 7) is 1.93. The van der Waals surface area contributed by atoms with Gasteiger partial charge in [0, 0.05) is 22.7 Å². The number of benzene rings is 3. The summed E-state index contributed by atoms with van der Waals surface area (Å²) >= 11 is 0. The number of ether oxygens (including phenoxy) is 1. The van der Waals surface area contributed by atoms with Crippen LogP contribution in [0.3, 0.4) is 0 Å². The van der Waals surface area contributed by atoms with Crippen molar-refractivity contribution in [2.45, 2.75) is 25.9 Å². The molecular weight excluding hydrogens is 434 g/mol. The number of nitriles is 1. The van der Waals surface area contributed by atoms with Gasteiger partial charge in [-0.1, -0.05) is 43.3 Å². The zero-order valence-electron chi connectivity index (χ0n) is 18.6. The fraction of sp³-hybridized carbons (Fsp3) is 0.192. The molecule has 0 aliphatic heterocycles. The van der Waals surface area contributed by atoms with E-state index in [9.17, 15) is 14.7 Å². The Bertz CT molecular complexity index is 1230. The van der Waals surface area contributed by atoms with Crippen LogP contribution >= 0.6 is 0 Å². The molecule has 0 aliphatic carbocycles. The summed E-state index contributed by atoms with van der Waals surface area (Å²) in [5, 5.41) is 31.9. The van der Waals surface area contributed by atoms with E-state index in [1.165, 1.54) is 11.6 Å². The van der Waals surface area contributed by atoms with Crippen LogP contribution in [0.1, 0.15) is 37.0 Å². The number of hydrogen-bond acceptors (Lipinski definition) is 6. The summed E-state index contributed by atoms with van der Waals surface area (Å²) in [5.41, 5.74) is 3.25. The zero-order chi connectivity index (χ0) is 24.5. The molecule has 0 saturated heterocycles. The van der Waals surface area contributed by atoms with Crippen LogP contribution in [0.2, 0.25) is 0 Å². The molecule has 34 heavy (non-hydrogen) atoms. The minimum Gasteiger partial charge on any atom is -0.507 e. The Labute approximate surface area is 197 Å². The third-order valence-electron chi connectivity index (χ3n) is 5.42. The van der Waals surface area contributed by atoms with Crippen molar-refractivity contribution in [1.29, 1.82) is 5.26 Å². The lowest BCUT2D eigenvalue weighted by atomic mass is 9.89. The Morgan fingerprint density at radius 1 is 1.09 bits per heavy atom. The van der Waals surface area contributed by atoms with E-state index < -0.39 is 18.1 Å². The Balaban J connectivity index is 1.85. The van der Waals surface area contributed by atoms with Gasteiger partial charge in [0.15, 0.2) is 0 Å². The van der Waals surface area contributed by atoms with Crippen LogP contribution in [0, 0.1) is 17.2 Å². The van der Waals surface area contributed by atoms with Crippen molar-refractivity contribution in [2.75, 3.05) is 5.32 Å². The van der Waals surface area contributed by atoms with Gasteiger partial charge in [-0.25, -0.2) is 10.3 Å². The number of hydroxylamine groups is 1. The fourth-order valence-corrected chi connectivity index (χ4v) is 3.67. The first kappa shape index (κ1) is 24.3. The number of anilines is 1. The predicted molar refractivity (Wildman–Crippen MR) is 127 cm³/mol. The Morgan fingerprint density at radius 2 is 1.79 bits per heavy atom. The van der Waals surface area contributed by atoms with Gasteiger partial charge in [0.25, 0.3) is 5.91 Å². The first-order valence-electron chi connectivity index (χ1n) is 10.7. The van der Waals surface area contributed by atoms with Crippen LogP contribution in [-0.2, 0) is 9.53 Å². The lowest BCUT2D eigenvalue weighted by Crippen LogP contribution is -2.22. The van der Waals surface area contributed by atoms with Gasteiger partial charge in [0.2, 0.25) is 0 Å². The molecule has 0 bridgehead atoms. The van der Waals surface area contributed by atoms with E-state index >= 15 is 0 Å². The maximum absolute atomic E-state index is 12.8. The molecule has 0 aromatic heterocycles. The van der Waals surface area contributed by atoms with Crippen molar-refractivity contribution in [3.8, 4) is 11.8 Å². The maximum Gasteiger partial charge on any atom is 0.412 e. The van der Waals surface area contributed by atoms with Crippen LogP contribution in [-0.4, -0.2) is 22.3 Å². The Kier molecular flexibility index (Phi) is 8.21. The maximum atomic E-state index is 12.8. The van der Waals surface area contributed by atoms with Crippen molar-refractivity contribution in [1.82, 2.24) is 5.48 Å². The smallest absolute Gasteiger partial charge is 0.412 e. The average molecular weight is 460 g/mol. The zero-order valence-corrected chi connectivity index (χ0v) is 18.6. The molecule has 0 saturated carbocycles. The van der Waals surface area contributed by atoms with Crippen LogP contribution in [0.5, 0.6) is 5.75 Å². The van der Waals surface area contributed by atoms with Crippen molar-refractivity contribution in [3.05, 3.63) is 83.9 Å². The number of hydrogen-bond donors (Lipinski definition) is 4. The van der Waals surface area contributed by atoms with Crippen LogP contribution in [0.25, 0.3) is 10.8 Å². The fourth-order valence-electron chi connectivity index (χ4n) is 3.67. The van der Waals surface area contributed by atoms with Gasteiger partial charge in [-0.2, -0.15) is 5.26 Å². The highest BCUT2D eigenvalue weighted by Gasteiger charge is 2.26. The summed E-state index contributed by atoms with van der Waals surface area (Å²) in [7, 11) is 0. The van der Waals surface area contributed by atoms with Crippen molar-refractivity contribution in [3.63, 3.8) is 0 Å². The molecule has 4 N–H and O–H groups in total. The highest BCUT2D eigenvalue weighted by Crippen LogP contribution is 2.37. The molecular formula is C26H25N3O5. The summed E-state index contributed by atoms with van der Waals surface area (Å²) < 4.78 is 5.87. The molecule has 2 amide bonds. The average Bonchev–Trinajstić information content (AvgIpc) is 2.86. The summed E-state index contributed by atoms with van der Waals surface area (Å²) in [6, 6.07) is 19.1. The monoisotopic (exact) mass is 459 g/mol. The molecule has 0 fully saturated rings. The van der Waals surface area contributed by atoms with Crippen molar-refractivity contribution in [2.24, 2.45) is 5.92 Å². The molecule has 0 unspecified atom stereocenters. The summed E-state index contributed by atoms with van der Waals surface area (Å²) in [5.74, 6) is -0.640. The van der Waals surface area contributed by atoms with Gasteiger partial charge >= 0.3 is 6.09 Å². The normalized spacial score (nSPS) is 12.6. The molecule has 0 aliphatic rings. The van der Waals surface area contributed by atoms with E-state index in [0.717, 1.165) is 10.9 Å². The number of nitrogens with zero attached hydrogens (tertiary/aromatic N) is 1. The van der Waals surface area contributed by atoms with E-state index in [-0.39, 0.29) is 11.7 Å². The number of fused-ring (bicyclic) bond motifs is 1. The molecule has 8 heteroatoms. The van der Waals surface area contributed by atoms with Gasteiger partial charge < -0.3 is 9.84 Å². The Hall–Kier alpha value is -4.35. The molecule has 174 valence electrons. The molecule has 3 aromatic carbocycles. The molecule has 3 aromatic rings. The number of amides is 2. The minimum atomic E-state index is -0.658. The van der Waals surface area contributed by atoms with Crippen LogP contribution in [0.15, 0.2) is 72.8 Å². The highest BCUT2D eigenvalue weighted by atomic mass is 16.6. The molecule has 8 nitrogen and oxygen atoms in total. The van der Waals surface area contributed by atoms with Crippen molar-refractivity contribution >= 4 is 28.5 Å². The standard InChI is InChI=1S/C26H25N3O5/c1-17(6-2-5-9-24(31)29-33)25(22-14-15-23(30)21-8-4-3-7-20(21)22)34-26(32)28-19-12-10-18(16-27)11-13-19/h3-5,7-15,17,25,30,33H,2,6H2,1H3,(H,28,32)(H,29,31)/b9-5+/t17-,25+/m1/s1. The van der Waals surface area contributed by atoms with Crippen LogP contribution < -0.4 is 10.8 Å². The van der Waals surface area contributed by atoms with Gasteiger partial charge in [0.05, 0.1) is 11.6 Å². The Morgan fingerprint density at radius 3 is 2.47 bits per heavy atom. The predicted octanol–water partition coefficient (Wildman–Crippen LogP) is 5.18. The molecule has 0 heterocycles. The number of rotatable bonds is 8. The van der Waals surface area contributed by atoms with E-state index in [1.54, 1.807) is 48.5 Å². The van der Waals surface area contributed by atoms with E-state index in [2.05, 4.69) is 5.32 Å². The molecule has 3 rings (SSSR count). The first-order chi connectivity index (χ1) is 16.4. The second-order valence-corrected chi connectivity index (χ2v) is 7.79. The number of aromatic hydroxyl groups is 1. The molecule has 0 radical (unpaired) electrons. The minimum absolute atomic E-state index is 0.130. The number of phenols is 1. The second-order valence-electron chi connectivity index (χ2n) is 7.79. The number of carbonyl (C=O) groups is 2. The van der Waals surface area contributed by atoms with Gasteiger partial charge in [0.1, 0.15) is 11.9 Å². The van der Waals surface area contributed by atoms with Gasteiger partial charge in [-0.05, 0) is 54.5 Å². The third-order valence-corrected chi connectivity index (χ3v) is 5.42. The lowest BCUT2D eigenvalue weighted by Gasteiger charge is -2.26. The summed E-state index contributed by atoms with van der Waals surface area (Å²) in [4.78, 5) is 24.0. The number of nitrogens with one attached hydrogen (secondary N) is 2. The number of carbonyl (C=O) groups excluding carboxylic acids is 2. The van der Waals surface area contributed by atoms with Gasteiger partial charge in [-0.15, -0.1) is 0 Å². The van der Waals surface area contributed by atoms with Gasteiger partial charge in [-0.3, -0.25) is 15.3 Å². The molecule has 2 atom stereocenters. The van der Waals surface area contributed by atoms with E-state index in [4.69, 9.17) is 15.2 Å². The number of phenolic OH excluding ortho intramolecular Hbond substituents is 1. The van der Waals surface area contributed by atoms with Crippen LogP contribution in [0.4, 0.5) is 10.5 Å². The number of allylic oxidation sites excluding steroid dienone is 1. The quantitative estimate of drug-likeness (QED) is 0.208. The van der Waals surface area contributed by atoms with E-state index in [1.807, 2.05) is 31.2 Å². The van der Waals surface area contributed by atoms with Crippen molar-refractivity contribution < 1.29 is 24.6 Å². The first-order valence-corrected chi connectivity index (χ1v) is 10.7. The largest absolute Gasteiger partial charge is 0.507 e. The SMILES string of the molecule is C[C@H](CC/C=C/C(=O)NO)[C@H](OC(=O)Nc1ccc(C#N)cc1)c1ccc(O)c2ccccc12.